The molecule has 1 unspecified atom stereocenters. The lowest BCUT2D eigenvalue weighted by atomic mass is 9.76. The van der Waals surface area contributed by atoms with Gasteiger partial charge in [0.15, 0.2) is 0 Å². The Morgan fingerprint density at radius 3 is 2.24 bits per heavy atom. The van der Waals surface area contributed by atoms with E-state index in [0.717, 1.165) is 5.47 Å². The van der Waals surface area contributed by atoms with E-state index < -0.39 is 0 Å². The smallest absolute Gasteiger partial charge is 0.399 e. The van der Waals surface area contributed by atoms with Gasteiger partial charge in [-0.2, -0.15) is 0 Å². The fourth-order valence-electron chi connectivity index (χ4n) is 1.96. The Kier molecular flexibility index (Phi) is 3.09. The molecule has 2 rings (SSSR count). The zero-order valence-electron chi connectivity index (χ0n) is 11.4. The maximum Gasteiger partial charge on any atom is 0.494 e. The number of hydrogen-bond acceptors (Lipinski definition) is 2. The van der Waals surface area contributed by atoms with Crippen molar-refractivity contribution in [3.05, 3.63) is 35.9 Å². The molecule has 1 heterocycles. The molecule has 1 fully saturated rings. The lowest BCUT2D eigenvalue weighted by molar-refractivity contribution is 0.00578. The molecule has 0 N–H and O–H groups in total. The molecule has 0 spiro atoms. The first-order valence-corrected chi connectivity index (χ1v) is 6.24. The molecule has 0 radical (unpaired) electrons. The van der Waals surface area contributed by atoms with Gasteiger partial charge in [-0.3, -0.25) is 0 Å². The van der Waals surface area contributed by atoms with Gasteiger partial charge in [0.05, 0.1) is 11.2 Å². The third kappa shape index (κ3) is 2.40. The van der Waals surface area contributed by atoms with E-state index in [9.17, 15) is 0 Å². The van der Waals surface area contributed by atoms with Crippen molar-refractivity contribution in [3.8, 4) is 0 Å². The Labute approximate surface area is 105 Å². The zero-order valence-corrected chi connectivity index (χ0v) is 11.4. The summed E-state index contributed by atoms with van der Waals surface area (Å²) in [4.78, 5) is 0. The van der Waals surface area contributed by atoms with Gasteiger partial charge in [0.1, 0.15) is 0 Å². The van der Waals surface area contributed by atoms with E-state index in [1.54, 1.807) is 0 Å². The van der Waals surface area contributed by atoms with E-state index in [-0.39, 0.29) is 18.3 Å². The lowest BCUT2D eigenvalue weighted by Gasteiger charge is -2.32. The van der Waals surface area contributed by atoms with Crippen LogP contribution < -0.4 is 0 Å². The summed E-state index contributed by atoms with van der Waals surface area (Å²) in [5.41, 5.74) is 0.575. The highest BCUT2D eigenvalue weighted by molar-refractivity contribution is 6.55. The predicted molar refractivity (Wildman–Crippen MR) is 71.6 cm³/mol. The van der Waals surface area contributed by atoms with Gasteiger partial charge < -0.3 is 9.31 Å². The average Bonchev–Trinajstić information content (AvgIpc) is 2.39. The van der Waals surface area contributed by atoms with E-state index in [1.807, 2.05) is 6.08 Å². The van der Waals surface area contributed by atoms with Crippen LogP contribution in [0.2, 0.25) is 0 Å². The molecule has 0 aromatic heterocycles. The second-order valence-electron chi connectivity index (χ2n) is 5.86. The fraction of sp³-hybridized carbons (Fsp3) is 0.571. The lowest BCUT2D eigenvalue weighted by Crippen LogP contribution is -2.41. The molecule has 1 aliphatic heterocycles. The molecule has 1 atom stereocenters. The normalized spacial score (nSPS) is 30.3. The number of rotatable bonds is 1. The van der Waals surface area contributed by atoms with E-state index in [2.05, 4.69) is 58.9 Å². The zero-order chi connectivity index (χ0) is 12.7. The summed E-state index contributed by atoms with van der Waals surface area (Å²) in [7, 11) is -0.251. The number of hydrogen-bond donors (Lipinski definition) is 0. The monoisotopic (exact) mass is 232 g/mol. The van der Waals surface area contributed by atoms with Crippen LogP contribution in [0.5, 0.6) is 0 Å². The minimum Gasteiger partial charge on any atom is -0.399 e. The van der Waals surface area contributed by atoms with Crippen LogP contribution in [0.15, 0.2) is 35.9 Å². The second-order valence-corrected chi connectivity index (χ2v) is 5.86. The van der Waals surface area contributed by atoms with Crippen LogP contribution in [0.1, 0.15) is 34.6 Å². The maximum atomic E-state index is 6.04. The first-order valence-electron chi connectivity index (χ1n) is 6.24. The Hall–Kier alpha value is -0.795. The van der Waals surface area contributed by atoms with Gasteiger partial charge in [0, 0.05) is 0 Å². The standard InChI is InChI=1S/C14H21BO2/c1-11-8-6-7-9-12(10-11)15-16-13(2,3)14(4,5)17-15/h6-11H,1-5H3. The third-order valence-electron chi connectivity index (χ3n) is 3.80. The average molecular weight is 232 g/mol. The van der Waals surface area contributed by atoms with Crippen LogP contribution in [0.4, 0.5) is 0 Å². The Balaban J connectivity index is 2.21. The summed E-state index contributed by atoms with van der Waals surface area (Å²) in [6, 6.07) is 0. The molecule has 2 nitrogen and oxygen atoms in total. The summed E-state index contributed by atoms with van der Waals surface area (Å²) < 4.78 is 12.1. The van der Waals surface area contributed by atoms with Crippen LogP contribution in [0, 0.1) is 5.92 Å². The molecule has 0 aromatic carbocycles. The molecule has 92 valence electrons. The third-order valence-corrected chi connectivity index (χ3v) is 3.80. The molecule has 0 bridgehead atoms. The van der Waals surface area contributed by atoms with Crippen molar-refractivity contribution in [2.45, 2.75) is 45.8 Å². The topological polar surface area (TPSA) is 18.5 Å². The first-order chi connectivity index (χ1) is 7.82. The summed E-state index contributed by atoms with van der Waals surface area (Å²) in [5.74, 6) is 0.416. The Morgan fingerprint density at radius 2 is 1.65 bits per heavy atom. The van der Waals surface area contributed by atoms with Crippen molar-refractivity contribution in [2.24, 2.45) is 5.92 Å². The van der Waals surface area contributed by atoms with Crippen LogP contribution in [0.25, 0.3) is 0 Å². The molecule has 3 heteroatoms. The summed E-state index contributed by atoms with van der Waals surface area (Å²) in [5, 5.41) is 0. The maximum absolute atomic E-state index is 6.04. The van der Waals surface area contributed by atoms with E-state index in [0.29, 0.717) is 5.92 Å². The Bertz CT molecular complexity index is 375. The van der Waals surface area contributed by atoms with Crippen molar-refractivity contribution in [3.63, 3.8) is 0 Å². The van der Waals surface area contributed by atoms with E-state index in [1.165, 1.54) is 0 Å². The van der Waals surface area contributed by atoms with Gasteiger partial charge in [0.2, 0.25) is 0 Å². The molecule has 1 saturated heterocycles. The van der Waals surface area contributed by atoms with Crippen molar-refractivity contribution in [1.82, 2.24) is 0 Å². The van der Waals surface area contributed by atoms with Crippen molar-refractivity contribution < 1.29 is 9.31 Å². The fourth-order valence-corrected chi connectivity index (χ4v) is 1.96. The van der Waals surface area contributed by atoms with Gasteiger partial charge in [-0.1, -0.05) is 37.3 Å². The molecule has 17 heavy (non-hydrogen) atoms. The van der Waals surface area contributed by atoms with Crippen LogP contribution in [0.3, 0.4) is 0 Å². The highest BCUT2D eigenvalue weighted by atomic mass is 16.7. The van der Waals surface area contributed by atoms with Gasteiger partial charge in [-0.25, -0.2) is 0 Å². The molecule has 0 aromatic rings. The molecule has 1 aliphatic carbocycles. The number of allylic oxidation sites excluding steroid dienone is 6. The minimum atomic E-state index is -0.269. The molecular formula is C14H21BO2. The predicted octanol–water partition coefficient (Wildman–Crippen LogP) is 3.31. The summed E-state index contributed by atoms with van der Waals surface area (Å²) in [6.45, 7) is 10.5. The quantitative estimate of drug-likeness (QED) is 0.645. The summed E-state index contributed by atoms with van der Waals surface area (Å²) >= 11 is 0. The minimum absolute atomic E-state index is 0.251. The molecule has 0 amide bonds. The van der Waals surface area contributed by atoms with Gasteiger partial charge in [0.25, 0.3) is 0 Å². The molecule has 0 saturated carbocycles. The van der Waals surface area contributed by atoms with Crippen LogP contribution >= 0.6 is 0 Å². The largest absolute Gasteiger partial charge is 0.494 e. The SMILES string of the molecule is CC1C=CC=CC(B2OC(C)(C)C(C)(C)O2)=C1. The van der Waals surface area contributed by atoms with Crippen molar-refractivity contribution in [2.75, 3.05) is 0 Å². The van der Waals surface area contributed by atoms with Gasteiger partial charge in [-0.05, 0) is 39.1 Å². The second kappa shape index (κ2) is 4.15. The van der Waals surface area contributed by atoms with Crippen LogP contribution in [-0.4, -0.2) is 18.3 Å². The van der Waals surface area contributed by atoms with Crippen molar-refractivity contribution in [1.29, 1.82) is 0 Å². The summed E-state index contributed by atoms with van der Waals surface area (Å²) in [6.07, 6.45) is 10.5. The first kappa shape index (κ1) is 12.7. The highest BCUT2D eigenvalue weighted by Gasteiger charge is 2.52. The van der Waals surface area contributed by atoms with E-state index in [4.69, 9.17) is 9.31 Å². The van der Waals surface area contributed by atoms with Gasteiger partial charge in [-0.15, -0.1) is 0 Å². The van der Waals surface area contributed by atoms with Gasteiger partial charge >= 0.3 is 7.12 Å². The van der Waals surface area contributed by atoms with Crippen LogP contribution in [-0.2, 0) is 9.31 Å². The van der Waals surface area contributed by atoms with Crippen molar-refractivity contribution >= 4 is 7.12 Å². The highest BCUT2D eigenvalue weighted by Crippen LogP contribution is 2.39. The Morgan fingerprint density at radius 1 is 1.06 bits per heavy atom. The molecule has 2 aliphatic rings. The molecular weight excluding hydrogens is 211 g/mol. The van der Waals surface area contributed by atoms with E-state index >= 15 is 0 Å².